The predicted molar refractivity (Wildman–Crippen MR) is 108 cm³/mol. The highest BCUT2D eigenvalue weighted by Gasteiger charge is 2.06. The van der Waals surface area contributed by atoms with Gasteiger partial charge in [-0.05, 0) is 22.8 Å². The highest BCUT2D eigenvalue weighted by molar-refractivity contribution is 5.79. The van der Waals surface area contributed by atoms with Gasteiger partial charge in [-0.25, -0.2) is 0 Å². The van der Waals surface area contributed by atoms with Crippen LogP contribution in [-0.2, 0) is 19.6 Å². The second kappa shape index (κ2) is 9.31. The van der Waals surface area contributed by atoms with Gasteiger partial charge in [0, 0.05) is 44.7 Å². The lowest BCUT2D eigenvalue weighted by Gasteiger charge is -2.14. The lowest BCUT2D eigenvalue weighted by atomic mass is 10.1. The van der Waals surface area contributed by atoms with Gasteiger partial charge in [0.25, 0.3) is 5.69 Å². The molecule has 8 heteroatoms. The maximum atomic E-state index is 10.7. The first-order valence-corrected chi connectivity index (χ1v) is 8.88. The molecule has 0 radical (unpaired) electrons. The molecule has 0 amide bonds. The molecule has 28 heavy (non-hydrogen) atoms. The minimum Gasteiger partial charge on any atom is -0.352 e. The largest absolute Gasteiger partial charge is 0.352 e. The van der Waals surface area contributed by atoms with Crippen LogP contribution >= 0.6 is 0 Å². The Hall–Kier alpha value is -3.68. The van der Waals surface area contributed by atoms with Crippen LogP contribution in [0.4, 0.5) is 5.69 Å². The molecule has 0 aliphatic heterocycles. The van der Waals surface area contributed by atoms with Gasteiger partial charge in [0.1, 0.15) is 0 Å². The first kappa shape index (κ1) is 19.1. The zero-order valence-corrected chi connectivity index (χ0v) is 15.6. The minimum atomic E-state index is -0.404. The molecule has 2 aromatic carbocycles. The van der Waals surface area contributed by atoms with E-state index in [9.17, 15) is 10.1 Å². The van der Waals surface area contributed by atoms with Gasteiger partial charge in [0.2, 0.25) is 0 Å². The van der Waals surface area contributed by atoms with Crippen molar-refractivity contribution in [1.82, 2.24) is 20.4 Å². The number of nitro benzene ring substituents is 1. The molecule has 3 rings (SSSR count). The second-order valence-corrected chi connectivity index (χ2v) is 6.18. The normalized spacial score (nSPS) is 11.2. The second-order valence-electron chi connectivity index (χ2n) is 6.18. The van der Waals surface area contributed by atoms with Crippen LogP contribution in [0.5, 0.6) is 0 Å². The quantitative estimate of drug-likeness (QED) is 0.285. The molecule has 0 fully saturated rings. The van der Waals surface area contributed by atoms with E-state index in [1.165, 1.54) is 17.7 Å². The van der Waals surface area contributed by atoms with Crippen LogP contribution in [0.2, 0.25) is 0 Å². The molecule has 0 aliphatic carbocycles. The number of aromatic nitrogens is 2. The number of benzene rings is 2. The highest BCUT2D eigenvalue weighted by Crippen LogP contribution is 2.12. The van der Waals surface area contributed by atoms with Crippen molar-refractivity contribution >= 4 is 11.6 Å². The maximum Gasteiger partial charge on any atom is 0.269 e. The van der Waals surface area contributed by atoms with Crippen molar-refractivity contribution in [2.75, 3.05) is 7.05 Å². The molecule has 144 valence electrons. The fraction of sp³-hybridized carbons (Fsp3) is 0.200. The van der Waals surface area contributed by atoms with Gasteiger partial charge >= 0.3 is 0 Å². The number of nitrogens with zero attached hydrogens (tertiary/aromatic N) is 4. The van der Waals surface area contributed by atoms with Crippen molar-refractivity contribution in [3.8, 4) is 0 Å². The highest BCUT2D eigenvalue weighted by atomic mass is 16.6. The monoisotopic (exact) mass is 378 g/mol. The van der Waals surface area contributed by atoms with Gasteiger partial charge in [0.15, 0.2) is 5.96 Å². The fourth-order valence-corrected chi connectivity index (χ4v) is 2.77. The van der Waals surface area contributed by atoms with Crippen LogP contribution in [0.1, 0.15) is 16.7 Å². The molecular weight excluding hydrogens is 356 g/mol. The van der Waals surface area contributed by atoms with E-state index in [1.54, 1.807) is 25.4 Å². The van der Waals surface area contributed by atoms with Gasteiger partial charge < -0.3 is 10.6 Å². The maximum absolute atomic E-state index is 10.7. The smallest absolute Gasteiger partial charge is 0.269 e. The summed E-state index contributed by atoms with van der Waals surface area (Å²) in [6.07, 6.45) is 3.71. The average molecular weight is 378 g/mol. The summed E-state index contributed by atoms with van der Waals surface area (Å²) in [5.41, 5.74) is 3.37. The van der Waals surface area contributed by atoms with Crippen LogP contribution in [-0.4, -0.2) is 27.7 Å². The van der Waals surface area contributed by atoms with Crippen molar-refractivity contribution in [2.45, 2.75) is 19.6 Å². The zero-order valence-electron chi connectivity index (χ0n) is 15.6. The van der Waals surface area contributed by atoms with E-state index in [2.05, 4.69) is 32.9 Å². The number of hydrogen-bond donors (Lipinski definition) is 2. The number of guanidine groups is 1. The molecule has 0 saturated carbocycles. The van der Waals surface area contributed by atoms with E-state index in [0.29, 0.717) is 25.6 Å². The number of rotatable bonds is 7. The van der Waals surface area contributed by atoms with Crippen LogP contribution < -0.4 is 10.6 Å². The van der Waals surface area contributed by atoms with E-state index < -0.39 is 4.92 Å². The number of nitro groups is 1. The Kier molecular flexibility index (Phi) is 6.35. The van der Waals surface area contributed by atoms with E-state index >= 15 is 0 Å². The van der Waals surface area contributed by atoms with E-state index in [0.717, 1.165) is 11.1 Å². The fourth-order valence-electron chi connectivity index (χ4n) is 2.77. The van der Waals surface area contributed by atoms with Crippen molar-refractivity contribution in [3.05, 3.63) is 93.8 Å². The summed E-state index contributed by atoms with van der Waals surface area (Å²) in [5, 5.41) is 21.5. The summed E-state index contributed by atoms with van der Waals surface area (Å²) < 4.78 is 1.89. The third-order valence-electron chi connectivity index (χ3n) is 4.29. The molecule has 0 spiro atoms. The molecule has 0 atom stereocenters. The number of nitrogens with one attached hydrogen (secondary N) is 2. The summed E-state index contributed by atoms with van der Waals surface area (Å²) in [6.45, 7) is 1.85. The lowest BCUT2D eigenvalue weighted by Crippen LogP contribution is -2.36. The summed E-state index contributed by atoms with van der Waals surface area (Å²) >= 11 is 0. The summed E-state index contributed by atoms with van der Waals surface area (Å²) in [6, 6.07) is 16.6. The first-order valence-electron chi connectivity index (χ1n) is 8.88. The van der Waals surface area contributed by atoms with Crippen LogP contribution in [0.15, 0.2) is 72.0 Å². The molecule has 0 saturated heterocycles. The molecule has 0 bridgehead atoms. The van der Waals surface area contributed by atoms with Crippen molar-refractivity contribution in [3.63, 3.8) is 0 Å². The number of aliphatic imine (C=N–C) groups is 1. The lowest BCUT2D eigenvalue weighted by molar-refractivity contribution is -0.384. The summed E-state index contributed by atoms with van der Waals surface area (Å²) in [4.78, 5) is 14.6. The van der Waals surface area contributed by atoms with Crippen LogP contribution in [0.3, 0.4) is 0 Å². The third-order valence-corrected chi connectivity index (χ3v) is 4.29. The van der Waals surface area contributed by atoms with Gasteiger partial charge in [-0.2, -0.15) is 5.10 Å². The number of hydrogen-bond acceptors (Lipinski definition) is 4. The molecule has 0 aliphatic rings. The standard InChI is InChI=1S/C20H22N6O2/c1-21-20(22-13-16-7-9-19(10-8-16)26(27)28)23-14-17-5-2-3-6-18(17)15-25-12-4-11-24-25/h2-12H,13-15H2,1H3,(H2,21,22,23). The molecule has 1 aromatic heterocycles. The SMILES string of the molecule is CN=C(NCc1ccc([N+](=O)[O-])cc1)NCc1ccccc1Cn1cccn1. The molecule has 2 N–H and O–H groups in total. The zero-order chi connectivity index (χ0) is 19.8. The predicted octanol–water partition coefficient (Wildman–Crippen LogP) is 2.70. The van der Waals surface area contributed by atoms with Crippen LogP contribution in [0.25, 0.3) is 0 Å². The minimum absolute atomic E-state index is 0.0834. The van der Waals surface area contributed by atoms with E-state index in [-0.39, 0.29) is 5.69 Å². The van der Waals surface area contributed by atoms with Crippen molar-refractivity contribution in [1.29, 1.82) is 0 Å². The molecule has 1 heterocycles. The van der Waals surface area contributed by atoms with Gasteiger partial charge in [0.05, 0.1) is 11.5 Å². The molecule has 0 unspecified atom stereocenters. The van der Waals surface area contributed by atoms with Gasteiger partial charge in [-0.15, -0.1) is 0 Å². The van der Waals surface area contributed by atoms with Gasteiger partial charge in [-0.3, -0.25) is 19.8 Å². The molecule has 8 nitrogen and oxygen atoms in total. The first-order chi connectivity index (χ1) is 13.7. The topological polar surface area (TPSA) is 97.4 Å². The van der Waals surface area contributed by atoms with E-state index in [1.807, 2.05) is 29.1 Å². The number of non-ortho nitro benzene ring substituents is 1. The Labute approximate surface area is 163 Å². The van der Waals surface area contributed by atoms with Crippen molar-refractivity contribution < 1.29 is 4.92 Å². The molecular formula is C20H22N6O2. The Bertz CT molecular complexity index is 936. The Morgan fingerprint density at radius 2 is 1.79 bits per heavy atom. The Morgan fingerprint density at radius 1 is 1.07 bits per heavy atom. The van der Waals surface area contributed by atoms with Crippen molar-refractivity contribution in [2.24, 2.45) is 4.99 Å². The third kappa shape index (κ3) is 5.16. The average Bonchev–Trinajstić information content (AvgIpc) is 3.22. The Morgan fingerprint density at radius 3 is 2.43 bits per heavy atom. The summed E-state index contributed by atoms with van der Waals surface area (Å²) in [7, 11) is 1.71. The Balaban J connectivity index is 1.56. The van der Waals surface area contributed by atoms with Gasteiger partial charge in [-0.1, -0.05) is 36.4 Å². The summed E-state index contributed by atoms with van der Waals surface area (Å²) in [5.74, 6) is 0.659. The molecule has 3 aromatic rings. The van der Waals surface area contributed by atoms with E-state index in [4.69, 9.17) is 0 Å². The van der Waals surface area contributed by atoms with Crippen LogP contribution in [0, 0.1) is 10.1 Å².